The Morgan fingerprint density at radius 1 is 1.21 bits per heavy atom. The number of urea groups is 1. The molecule has 3 unspecified atom stereocenters. The van der Waals surface area contributed by atoms with E-state index in [-0.39, 0.29) is 30.1 Å². The fourth-order valence-electron chi connectivity index (χ4n) is 3.20. The number of aliphatic hydroxyl groups excluding tert-OH is 1. The van der Waals surface area contributed by atoms with Gasteiger partial charge in [-0.25, -0.2) is 9.59 Å². The molecule has 0 saturated carbocycles. The molecule has 2 aliphatic rings. The summed E-state index contributed by atoms with van der Waals surface area (Å²) in [5, 5.41) is 21.4. The smallest absolute Gasteiger partial charge is 0.326 e. The lowest BCUT2D eigenvalue weighted by Crippen LogP contribution is -2.56. The molecule has 2 amide bonds. The third-order valence-corrected chi connectivity index (χ3v) is 4.15. The Morgan fingerprint density at radius 3 is 2.16 bits per heavy atom. The first-order valence-electron chi connectivity index (χ1n) is 6.89. The van der Waals surface area contributed by atoms with E-state index in [9.17, 15) is 14.7 Å². The molecule has 3 atom stereocenters. The number of carboxylic acids is 1. The van der Waals surface area contributed by atoms with Crippen molar-refractivity contribution in [3.05, 3.63) is 0 Å². The molecule has 0 aliphatic carbocycles. The number of hydrogen-bond donors (Lipinski definition) is 3. The van der Waals surface area contributed by atoms with Gasteiger partial charge in [-0.3, -0.25) is 0 Å². The van der Waals surface area contributed by atoms with Crippen molar-refractivity contribution < 1.29 is 19.8 Å². The quantitative estimate of drug-likeness (QED) is 0.707. The third-order valence-electron chi connectivity index (χ3n) is 4.15. The number of carbonyl (C=O) groups excluding carboxylic acids is 1. The molecule has 2 heterocycles. The molecule has 0 spiro atoms. The summed E-state index contributed by atoms with van der Waals surface area (Å²) in [6.45, 7) is 3.54. The lowest BCUT2D eigenvalue weighted by atomic mass is 10.00. The lowest BCUT2D eigenvalue weighted by Gasteiger charge is -2.38. The number of hydrogen-bond acceptors (Lipinski definition) is 3. The Labute approximate surface area is 112 Å². The Hall–Kier alpha value is -1.30. The third kappa shape index (κ3) is 2.83. The van der Waals surface area contributed by atoms with Crippen LogP contribution in [0.15, 0.2) is 0 Å². The summed E-state index contributed by atoms with van der Waals surface area (Å²) in [7, 11) is 0. The molecular formula is C13H22N2O4. The maximum absolute atomic E-state index is 12.3. The van der Waals surface area contributed by atoms with Crippen LogP contribution in [0.25, 0.3) is 0 Å². The van der Waals surface area contributed by atoms with E-state index < -0.39 is 12.0 Å². The van der Waals surface area contributed by atoms with Gasteiger partial charge < -0.3 is 20.4 Å². The highest BCUT2D eigenvalue weighted by Gasteiger charge is 2.43. The summed E-state index contributed by atoms with van der Waals surface area (Å²) in [5.41, 5.74) is 0. The van der Waals surface area contributed by atoms with Gasteiger partial charge in [0.2, 0.25) is 0 Å². The monoisotopic (exact) mass is 270 g/mol. The van der Waals surface area contributed by atoms with Crippen LogP contribution in [0, 0.1) is 5.92 Å². The molecule has 108 valence electrons. The van der Waals surface area contributed by atoms with Crippen LogP contribution in [0.5, 0.6) is 0 Å². The molecule has 3 N–H and O–H groups in total. The Kier molecular flexibility index (Phi) is 3.99. The number of piperidine rings is 1. The number of carboxylic acid groups (broad SMARTS) is 1. The molecule has 0 radical (unpaired) electrons. The second-order valence-electron chi connectivity index (χ2n) is 5.93. The molecule has 0 aromatic heterocycles. The summed E-state index contributed by atoms with van der Waals surface area (Å²) >= 11 is 0. The average Bonchev–Trinajstić information content (AvgIpc) is 2.57. The zero-order valence-corrected chi connectivity index (χ0v) is 11.4. The number of nitrogens with zero attached hydrogens (tertiary/aromatic N) is 1. The van der Waals surface area contributed by atoms with Crippen molar-refractivity contribution >= 4 is 12.0 Å². The van der Waals surface area contributed by atoms with Crippen molar-refractivity contribution in [2.45, 2.75) is 63.8 Å². The van der Waals surface area contributed by atoms with Crippen molar-refractivity contribution in [2.24, 2.45) is 5.92 Å². The van der Waals surface area contributed by atoms with Gasteiger partial charge in [0.25, 0.3) is 0 Å². The van der Waals surface area contributed by atoms with E-state index in [2.05, 4.69) is 5.32 Å². The first kappa shape index (κ1) is 14.1. The zero-order valence-electron chi connectivity index (χ0n) is 11.4. The molecular weight excluding hydrogens is 248 g/mol. The number of amides is 2. The number of aliphatic hydroxyl groups is 1. The van der Waals surface area contributed by atoms with Crippen molar-refractivity contribution in [1.29, 1.82) is 0 Å². The first-order chi connectivity index (χ1) is 8.90. The van der Waals surface area contributed by atoms with Gasteiger partial charge in [0.15, 0.2) is 0 Å². The minimum atomic E-state index is -1.01. The molecule has 2 aliphatic heterocycles. The highest BCUT2D eigenvalue weighted by molar-refractivity contribution is 5.83. The zero-order chi connectivity index (χ0) is 14.2. The van der Waals surface area contributed by atoms with E-state index in [1.165, 1.54) is 0 Å². The van der Waals surface area contributed by atoms with Crippen molar-refractivity contribution in [1.82, 2.24) is 10.2 Å². The molecule has 0 aromatic rings. The second kappa shape index (κ2) is 5.36. The van der Waals surface area contributed by atoms with E-state index in [0.29, 0.717) is 12.8 Å². The van der Waals surface area contributed by atoms with E-state index in [1.807, 2.05) is 0 Å². The van der Waals surface area contributed by atoms with Crippen LogP contribution in [-0.4, -0.2) is 51.3 Å². The van der Waals surface area contributed by atoms with E-state index in [1.54, 1.807) is 18.7 Å². The maximum Gasteiger partial charge on any atom is 0.326 e. The molecule has 6 nitrogen and oxygen atoms in total. The van der Waals surface area contributed by atoms with Crippen LogP contribution < -0.4 is 5.32 Å². The summed E-state index contributed by atoms with van der Waals surface area (Å²) < 4.78 is 0. The topological polar surface area (TPSA) is 89.9 Å². The van der Waals surface area contributed by atoms with Crippen molar-refractivity contribution in [2.75, 3.05) is 0 Å². The van der Waals surface area contributed by atoms with Crippen molar-refractivity contribution in [3.8, 4) is 0 Å². The molecule has 0 aromatic carbocycles. The van der Waals surface area contributed by atoms with Crippen LogP contribution in [-0.2, 0) is 4.79 Å². The molecule has 2 saturated heterocycles. The Balaban J connectivity index is 2.02. The van der Waals surface area contributed by atoms with Gasteiger partial charge in [-0.05, 0) is 31.6 Å². The van der Waals surface area contributed by atoms with Gasteiger partial charge in [-0.15, -0.1) is 0 Å². The molecule has 2 fully saturated rings. The van der Waals surface area contributed by atoms with Gasteiger partial charge in [0, 0.05) is 12.1 Å². The van der Waals surface area contributed by atoms with E-state index in [0.717, 1.165) is 12.8 Å². The van der Waals surface area contributed by atoms with Crippen LogP contribution >= 0.6 is 0 Å². The fourth-order valence-corrected chi connectivity index (χ4v) is 3.20. The minimum absolute atomic E-state index is 0.0513. The maximum atomic E-state index is 12.3. The summed E-state index contributed by atoms with van der Waals surface area (Å²) in [5.74, 6) is -1.16. The van der Waals surface area contributed by atoms with Crippen LogP contribution in [0.3, 0.4) is 0 Å². The predicted octanol–water partition coefficient (Wildman–Crippen LogP) is 0.793. The predicted molar refractivity (Wildman–Crippen MR) is 68.7 cm³/mol. The number of rotatable bonds is 3. The Morgan fingerprint density at radius 2 is 1.74 bits per heavy atom. The number of fused-ring (bicyclic) bond motifs is 2. The number of nitrogens with one attached hydrogen (secondary N) is 1. The largest absolute Gasteiger partial charge is 0.480 e. The molecule has 2 rings (SSSR count). The SMILES string of the molecule is CC(C)C(NC(=O)N1C2CCC1CC(O)C2)C(=O)O. The second-order valence-corrected chi connectivity index (χ2v) is 5.93. The number of carbonyl (C=O) groups is 2. The van der Waals surface area contributed by atoms with Gasteiger partial charge in [0.1, 0.15) is 6.04 Å². The summed E-state index contributed by atoms with van der Waals surface area (Å²) in [6, 6.07) is -1.06. The standard InChI is InChI=1S/C13H22N2O4/c1-7(2)11(12(17)18)14-13(19)15-8-3-4-9(15)6-10(16)5-8/h7-11,16H,3-6H2,1-2H3,(H,14,19)(H,17,18). The minimum Gasteiger partial charge on any atom is -0.480 e. The lowest BCUT2D eigenvalue weighted by molar-refractivity contribution is -0.140. The molecule has 2 bridgehead atoms. The van der Waals surface area contributed by atoms with E-state index >= 15 is 0 Å². The van der Waals surface area contributed by atoms with Gasteiger partial charge >= 0.3 is 12.0 Å². The normalized spacial score (nSPS) is 31.4. The summed E-state index contributed by atoms with van der Waals surface area (Å²) in [6.07, 6.45) is 2.66. The number of aliphatic carboxylic acids is 1. The average molecular weight is 270 g/mol. The van der Waals surface area contributed by atoms with Gasteiger partial charge in [0.05, 0.1) is 6.10 Å². The summed E-state index contributed by atoms with van der Waals surface area (Å²) in [4.78, 5) is 25.1. The first-order valence-corrected chi connectivity index (χ1v) is 6.89. The van der Waals surface area contributed by atoms with Crippen LogP contribution in [0.1, 0.15) is 39.5 Å². The highest BCUT2D eigenvalue weighted by atomic mass is 16.4. The molecule has 19 heavy (non-hydrogen) atoms. The fraction of sp³-hybridized carbons (Fsp3) is 0.846. The van der Waals surface area contributed by atoms with Crippen LogP contribution in [0.4, 0.5) is 4.79 Å². The molecule has 6 heteroatoms. The van der Waals surface area contributed by atoms with E-state index in [4.69, 9.17) is 5.11 Å². The van der Waals surface area contributed by atoms with Crippen molar-refractivity contribution in [3.63, 3.8) is 0 Å². The van der Waals surface area contributed by atoms with Gasteiger partial charge in [-0.2, -0.15) is 0 Å². The Bertz CT molecular complexity index is 358. The van der Waals surface area contributed by atoms with Gasteiger partial charge in [-0.1, -0.05) is 13.8 Å². The highest BCUT2D eigenvalue weighted by Crippen LogP contribution is 2.35. The van der Waals surface area contributed by atoms with Crippen LogP contribution in [0.2, 0.25) is 0 Å².